The lowest BCUT2D eigenvalue weighted by Gasteiger charge is -2.46. The van der Waals surface area contributed by atoms with Gasteiger partial charge in [0.05, 0.1) is 6.61 Å². The fraction of sp³-hybridized carbons (Fsp3) is 0.586. The molecule has 1 aromatic rings. The lowest BCUT2D eigenvalue weighted by atomic mass is 9.69. The van der Waals surface area contributed by atoms with Gasteiger partial charge in [0.25, 0.3) is 0 Å². The maximum Gasteiger partial charge on any atom is 0.0576 e. The summed E-state index contributed by atoms with van der Waals surface area (Å²) in [5, 5.41) is 0.806. The molecule has 1 saturated carbocycles. The summed E-state index contributed by atoms with van der Waals surface area (Å²) in [6.07, 6.45) is 14.3. The average molecular weight is 519 g/mol. The van der Waals surface area contributed by atoms with Gasteiger partial charge in [-0.05, 0) is 92.0 Å². The molecule has 194 valence electrons. The maximum atomic E-state index is 9.27. The van der Waals surface area contributed by atoms with Crippen molar-refractivity contribution in [3.8, 4) is 0 Å². The highest BCUT2D eigenvalue weighted by Gasteiger charge is 2.40. The molecule has 0 saturated heterocycles. The Kier molecular flexibility index (Phi) is 10.7. The molecule has 0 radical (unpaired) electrons. The van der Waals surface area contributed by atoms with E-state index in [0.717, 1.165) is 55.9 Å². The number of nitrogens with one attached hydrogen (secondary N) is 1. The Bertz CT molecular complexity index is 933. The Labute approximate surface area is 220 Å². The van der Waals surface area contributed by atoms with Gasteiger partial charge in [0.15, 0.2) is 0 Å². The van der Waals surface area contributed by atoms with Crippen LogP contribution in [0.25, 0.3) is 0 Å². The highest BCUT2D eigenvalue weighted by molar-refractivity contribution is 7.80. The third-order valence-corrected chi connectivity index (χ3v) is 9.03. The molecule has 6 heteroatoms. The summed E-state index contributed by atoms with van der Waals surface area (Å²) in [5.41, 5.74) is 3.64. The molecule has 2 aliphatic carbocycles. The third kappa shape index (κ3) is 7.55. The largest absolute Gasteiger partial charge is 0.384 e. The number of allylic oxidation sites excluding steroid dienone is 3. The summed E-state index contributed by atoms with van der Waals surface area (Å²) in [6.45, 7) is 13.1. The van der Waals surface area contributed by atoms with Gasteiger partial charge < -0.3 is 14.2 Å². The van der Waals surface area contributed by atoms with Crippen molar-refractivity contribution < 1.29 is 9.29 Å². The summed E-state index contributed by atoms with van der Waals surface area (Å²) in [5.74, 6) is 2.26. The number of aryl methyl sites for hydroxylation is 1. The second-order valence-corrected chi connectivity index (χ2v) is 12.1. The number of hydrogen-bond donors (Lipinski definition) is 2. The van der Waals surface area contributed by atoms with E-state index in [-0.39, 0.29) is 5.41 Å². The highest BCUT2D eigenvalue weighted by atomic mass is 35.5. The number of fused-ring (bicyclic) bond motifs is 1. The second kappa shape index (κ2) is 13.2. The minimum absolute atomic E-state index is 0.0722. The summed E-state index contributed by atoms with van der Waals surface area (Å²) < 4.78 is 22.4. The van der Waals surface area contributed by atoms with Crippen LogP contribution < -0.4 is 0 Å². The van der Waals surface area contributed by atoms with Gasteiger partial charge in [0.1, 0.15) is 0 Å². The molecule has 3 rings (SSSR count). The average Bonchev–Trinajstić information content (AvgIpc) is 2.80. The number of hydrogen-bond acceptors (Lipinski definition) is 3. The molecule has 0 aromatic heterocycles. The fourth-order valence-corrected chi connectivity index (χ4v) is 6.73. The standard InChI is InChI=1S/C29H43ClN2O2S/c1-5-23(3)32(18-26-13-12-24(26)10-7-6-9-22(2)19-35(31)33)20-29(21-34-4)16-8-11-25-17-27(30)14-15-28(25)29/h5-7,14-15,17,22,24,26H,1,3,8-13,16,18-21H2,2,4H3,(H2,31,33)/b7-6+/t22-,24+,26-,29-,35?/m0/s1. The van der Waals surface area contributed by atoms with E-state index >= 15 is 0 Å². The highest BCUT2D eigenvalue weighted by Crippen LogP contribution is 2.42. The normalized spacial score (nSPS) is 25.5. The fourth-order valence-electron chi connectivity index (χ4n) is 5.86. The number of methoxy groups -OCH3 is 1. The predicted molar refractivity (Wildman–Crippen MR) is 150 cm³/mol. The first-order valence-electron chi connectivity index (χ1n) is 12.9. The van der Waals surface area contributed by atoms with Gasteiger partial charge in [0, 0.05) is 53.1 Å². The number of ether oxygens (including phenoxy) is 1. The van der Waals surface area contributed by atoms with Crippen molar-refractivity contribution in [3.63, 3.8) is 0 Å². The van der Waals surface area contributed by atoms with Crippen LogP contribution in [0.5, 0.6) is 0 Å². The zero-order valence-electron chi connectivity index (χ0n) is 21.5. The molecule has 0 spiro atoms. The van der Waals surface area contributed by atoms with Crippen molar-refractivity contribution >= 4 is 22.6 Å². The Hall–Kier alpha value is -1.40. The molecule has 1 unspecified atom stereocenters. The molecular weight excluding hydrogens is 476 g/mol. The molecule has 2 aliphatic rings. The van der Waals surface area contributed by atoms with Crippen LogP contribution in [0.4, 0.5) is 0 Å². The zero-order valence-corrected chi connectivity index (χ0v) is 23.0. The van der Waals surface area contributed by atoms with Crippen LogP contribution in [-0.2, 0) is 27.5 Å². The minimum atomic E-state index is -1.21. The Morgan fingerprint density at radius 3 is 2.80 bits per heavy atom. The van der Waals surface area contributed by atoms with Crippen LogP contribution in [0.15, 0.2) is 55.3 Å². The van der Waals surface area contributed by atoms with Crippen molar-refractivity contribution in [3.05, 3.63) is 71.4 Å². The number of nitrogens with zero attached hydrogens (tertiary/aromatic N) is 1. The van der Waals surface area contributed by atoms with E-state index in [9.17, 15) is 4.55 Å². The maximum absolute atomic E-state index is 9.27. The summed E-state index contributed by atoms with van der Waals surface area (Å²) >= 11 is 6.33. The molecule has 2 N–H and O–H groups in total. The quantitative estimate of drug-likeness (QED) is 0.199. The first kappa shape index (κ1) is 28.2. The zero-order chi connectivity index (χ0) is 25.4. The minimum Gasteiger partial charge on any atom is -0.384 e. The van der Waals surface area contributed by atoms with E-state index in [2.05, 4.69) is 49.3 Å². The number of benzene rings is 1. The smallest absolute Gasteiger partial charge is 0.0576 e. The van der Waals surface area contributed by atoms with Crippen LogP contribution in [-0.4, -0.2) is 42.0 Å². The van der Waals surface area contributed by atoms with Gasteiger partial charge in [-0.3, -0.25) is 4.78 Å². The molecule has 5 atom stereocenters. The molecular formula is C29H43ClN2O2S. The Morgan fingerprint density at radius 2 is 2.14 bits per heavy atom. The van der Waals surface area contributed by atoms with E-state index in [1.165, 1.54) is 24.0 Å². The van der Waals surface area contributed by atoms with Gasteiger partial charge in [-0.15, -0.1) is 0 Å². The van der Waals surface area contributed by atoms with Crippen LogP contribution >= 0.6 is 11.6 Å². The first-order chi connectivity index (χ1) is 16.8. The van der Waals surface area contributed by atoms with Gasteiger partial charge in [-0.25, -0.2) is 0 Å². The van der Waals surface area contributed by atoms with E-state index in [1.807, 2.05) is 12.1 Å². The van der Waals surface area contributed by atoms with Gasteiger partial charge >= 0.3 is 0 Å². The first-order valence-corrected chi connectivity index (χ1v) is 14.6. The van der Waals surface area contributed by atoms with Crippen LogP contribution in [0.3, 0.4) is 0 Å². The van der Waals surface area contributed by atoms with Gasteiger partial charge in [0.2, 0.25) is 0 Å². The van der Waals surface area contributed by atoms with Gasteiger partial charge in [-0.2, -0.15) is 0 Å². The molecule has 0 amide bonds. The molecule has 1 fully saturated rings. The predicted octanol–water partition coefficient (Wildman–Crippen LogP) is 7.41. The van der Waals surface area contributed by atoms with Crippen molar-refractivity contribution in [2.75, 3.05) is 32.6 Å². The molecule has 0 aliphatic heterocycles. The molecule has 35 heavy (non-hydrogen) atoms. The molecule has 0 heterocycles. The summed E-state index contributed by atoms with van der Waals surface area (Å²) in [6, 6.07) is 6.36. The summed E-state index contributed by atoms with van der Waals surface area (Å²) in [4.78, 5) is 2.45. The van der Waals surface area contributed by atoms with Gasteiger partial charge in [-0.1, -0.05) is 49.9 Å². The topological polar surface area (TPSA) is 56.6 Å². The Morgan fingerprint density at radius 1 is 1.37 bits per heavy atom. The van der Waals surface area contributed by atoms with Crippen molar-refractivity contribution in [2.24, 2.45) is 17.8 Å². The van der Waals surface area contributed by atoms with E-state index in [1.54, 1.807) is 7.11 Å². The van der Waals surface area contributed by atoms with E-state index in [0.29, 0.717) is 30.1 Å². The number of halogens is 1. The summed E-state index contributed by atoms with van der Waals surface area (Å²) in [7, 11) is 0.591. The monoisotopic (exact) mass is 518 g/mol. The van der Waals surface area contributed by atoms with Crippen molar-refractivity contribution in [1.29, 1.82) is 4.78 Å². The van der Waals surface area contributed by atoms with Crippen LogP contribution in [0.2, 0.25) is 5.02 Å². The third-order valence-electron chi connectivity index (χ3n) is 7.91. The second-order valence-electron chi connectivity index (χ2n) is 10.6. The van der Waals surface area contributed by atoms with E-state index in [4.69, 9.17) is 21.1 Å². The molecule has 1 aromatic carbocycles. The van der Waals surface area contributed by atoms with Crippen molar-refractivity contribution in [2.45, 2.75) is 57.3 Å². The van der Waals surface area contributed by atoms with Crippen LogP contribution in [0, 0.1) is 22.5 Å². The lowest BCUT2D eigenvalue weighted by molar-refractivity contribution is 0.0722. The lowest BCUT2D eigenvalue weighted by Crippen LogP contribution is -2.48. The van der Waals surface area contributed by atoms with Crippen LogP contribution in [0.1, 0.15) is 56.6 Å². The SMILES string of the molecule is C=CC(=C)N(C[C@@H]1CC[C@H]1C/C=C/C[C@H](C)CS(=N)O)C[C@]1(COC)CCCc2cc(Cl)ccc21. The molecule has 4 nitrogen and oxygen atoms in total. The molecule has 0 bridgehead atoms. The van der Waals surface area contributed by atoms with Crippen molar-refractivity contribution in [1.82, 2.24) is 4.90 Å². The van der Waals surface area contributed by atoms with E-state index < -0.39 is 11.0 Å². The number of rotatable bonds is 14. The Balaban J connectivity index is 1.68.